The van der Waals surface area contributed by atoms with Crippen LogP contribution in [0.4, 0.5) is 0 Å². The van der Waals surface area contributed by atoms with E-state index in [9.17, 15) is 4.79 Å². The van der Waals surface area contributed by atoms with Gasteiger partial charge in [-0.25, -0.2) is 4.98 Å². The fourth-order valence-electron chi connectivity index (χ4n) is 2.01. The highest BCUT2D eigenvalue weighted by Gasteiger charge is 2.16. The van der Waals surface area contributed by atoms with E-state index < -0.39 is 0 Å². The molecule has 0 bridgehead atoms. The third-order valence-electron chi connectivity index (χ3n) is 2.86. The number of oxazole rings is 1. The van der Waals surface area contributed by atoms with E-state index in [-0.39, 0.29) is 5.91 Å². The molecule has 1 aromatic rings. The van der Waals surface area contributed by atoms with Crippen molar-refractivity contribution in [3.05, 3.63) is 18.4 Å². The summed E-state index contributed by atoms with van der Waals surface area (Å²) >= 11 is 0. The zero-order chi connectivity index (χ0) is 10.5. The first kappa shape index (κ1) is 10.2. The van der Waals surface area contributed by atoms with Crippen LogP contribution in [-0.4, -0.2) is 16.9 Å². The SMILES string of the molecule is O=C(NC1CCCCCC1)c1cocn1. The molecule has 1 aliphatic carbocycles. The van der Waals surface area contributed by atoms with Gasteiger partial charge in [-0.15, -0.1) is 0 Å². The molecule has 4 nitrogen and oxygen atoms in total. The largest absolute Gasteiger partial charge is 0.451 e. The maximum atomic E-state index is 11.7. The van der Waals surface area contributed by atoms with E-state index >= 15 is 0 Å². The third-order valence-corrected chi connectivity index (χ3v) is 2.86. The van der Waals surface area contributed by atoms with Crippen LogP contribution in [0.25, 0.3) is 0 Å². The second-order valence-corrected chi connectivity index (χ2v) is 4.04. The Hall–Kier alpha value is -1.32. The number of nitrogens with one attached hydrogen (secondary N) is 1. The van der Waals surface area contributed by atoms with E-state index in [0.717, 1.165) is 12.8 Å². The summed E-state index contributed by atoms with van der Waals surface area (Å²) in [6.07, 6.45) is 9.83. The van der Waals surface area contributed by atoms with Gasteiger partial charge in [0.05, 0.1) is 0 Å². The maximum Gasteiger partial charge on any atom is 0.273 e. The number of carbonyl (C=O) groups is 1. The fraction of sp³-hybridized carbons (Fsp3) is 0.636. The van der Waals surface area contributed by atoms with Gasteiger partial charge in [0.25, 0.3) is 5.91 Å². The summed E-state index contributed by atoms with van der Waals surface area (Å²) in [6.45, 7) is 0. The fourth-order valence-corrected chi connectivity index (χ4v) is 2.01. The Balaban J connectivity index is 1.87. The van der Waals surface area contributed by atoms with Crippen LogP contribution in [0.2, 0.25) is 0 Å². The van der Waals surface area contributed by atoms with E-state index in [1.165, 1.54) is 38.3 Å². The molecule has 1 saturated carbocycles. The Morgan fingerprint density at radius 2 is 2.07 bits per heavy atom. The Morgan fingerprint density at radius 3 is 2.67 bits per heavy atom. The average molecular weight is 208 g/mol. The lowest BCUT2D eigenvalue weighted by Crippen LogP contribution is -2.34. The lowest BCUT2D eigenvalue weighted by molar-refractivity contribution is 0.0928. The number of carbonyl (C=O) groups excluding carboxylic acids is 1. The highest BCUT2D eigenvalue weighted by Crippen LogP contribution is 2.17. The molecule has 1 aromatic heterocycles. The van der Waals surface area contributed by atoms with Crippen molar-refractivity contribution in [2.45, 2.75) is 44.6 Å². The topological polar surface area (TPSA) is 55.1 Å². The van der Waals surface area contributed by atoms with Gasteiger partial charge in [0, 0.05) is 6.04 Å². The number of aromatic nitrogens is 1. The summed E-state index contributed by atoms with van der Waals surface area (Å²) in [7, 11) is 0. The monoisotopic (exact) mass is 208 g/mol. The van der Waals surface area contributed by atoms with Crippen molar-refractivity contribution in [2.75, 3.05) is 0 Å². The van der Waals surface area contributed by atoms with Gasteiger partial charge < -0.3 is 9.73 Å². The predicted octanol–water partition coefficient (Wildman–Crippen LogP) is 2.13. The van der Waals surface area contributed by atoms with Gasteiger partial charge in [0.15, 0.2) is 12.1 Å². The number of rotatable bonds is 2. The minimum Gasteiger partial charge on any atom is -0.451 e. The van der Waals surface area contributed by atoms with Crippen LogP contribution in [0.15, 0.2) is 17.1 Å². The van der Waals surface area contributed by atoms with Gasteiger partial charge in [0.2, 0.25) is 0 Å². The van der Waals surface area contributed by atoms with Crippen molar-refractivity contribution >= 4 is 5.91 Å². The zero-order valence-corrected chi connectivity index (χ0v) is 8.74. The zero-order valence-electron chi connectivity index (χ0n) is 8.74. The molecule has 4 heteroatoms. The summed E-state index contributed by atoms with van der Waals surface area (Å²) in [6, 6.07) is 0.316. The normalized spacial score (nSPS) is 18.4. The molecule has 82 valence electrons. The van der Waals surface area contributed by atoms with Crippen LogP contribution >= 0.6 is 0 Å². The third kappa shape index (κ3) is 2.81. The standard InChI is InChI=1S/C11H16N2O2/c14-11(10-7-15-8-12-10)13-9-5-3-1-2-4-6-9/h7-9H,1-6H2,(H,13,14). The lowest BCUT2D eigenvalue weighted by atomic mass is 10.1. The van der Waals surface area contributed by atoms with Gasteiger partial charge in [-0.2, -0.15) is 0 Å². The minimum atomic E-state index is -0.115. The molecule has 1 heterocycles. The van der Waals surface area contributed by atoms with Crippen LogP contribution < -0.4 is 5.32 Å². The maximum absolute atomic E-state index is 11.7. The Morgan fingerprint density at radius 1 is 1.33 bits per heavy atom. The van der Waals surface area contributed by atoms with E-state index in [0.29, 0.717) is 11.7 Å². The molecule has 2 rings (SSSR count). The molecule has 1 aliphatic rings. The molecule has 0 aliphatic heterocycles. The number of amides is 1. The van der Waals surface area contributed by atoms with Crippen molar-refractivity contribution in [1.82, 2.24) is 10.3 Å². The molecule has 1 N–H and O–H groups in total. The predicted molar refractivity (Wildman–Crippen MR) is 55.5 cm³/mol. The Labute approximate surface area is 89.1 Å². The van der Waals surface area contributed by atoms with Gasteiger partial charge in [-0.3, -0.25) is 4.79 Å². The molecular weight excluding hydrogens is 192 g/mol. The molecule has 0 unspecified atom stereocenters. The molecule has 1 amide bonds. The first-order valence-corrected chi connectivity index (χ1v) is 5.55. The van der Waals surface area contributed by atoms with Crippen molar-refractivity contribution in [3.8, 4) is 0 Å². The van der Waals surface area contributed by atoms with Crippen molar-refractivity contribution < 1.29 is 9.21 Å². The molecule has 0 spiro atoms. The second-order valence-electron chi connectivity index (χ2n) is 4.04. The molecule has 0 radical (unpaired) electrons. The second kappa shape index (κ2) is 4.96. The summed E-state index contributed by atoms with van der Waals surface area (Å²) in [5.41, 5.74) is 0.374. The first-order valence-electron chi connectivity index (χ1n) is 5.55. The van der Waals surface area contributed by atoms with Crippen molar-refractivity contribution in [1.29, 1.82) is 0 Å². The molecule has 0 atom stereocenters. The number of nitrogens with zero attached hydrogens (tertiary/aromatic N) is 1. The summed E-state index contributed by atoms with van der Waals surface area (Å²) < 4.78 is 4.78. The van der Waals surface area contributed by atoms with Crippen molar-refractivity contribution in [3.63, 3.8) is 0 Å². The van der Waals surface area contributed by atoms with E-state index in [4.69, 9.17) is 4.42 Å². The molecule has 1 fully saturated rings. The molecule has 0 aromatic carbocycles. The van der Waals surface area contributed by atoms with Crippen LogP contribution in [0, 0.1) is 0 Å². The quantitative estimate of drug-likeness (QED) is 0.757. The van der Waals surface area contributed by atoms with Crippen LogP contribution in [0.3, 0.4) is 0 Å². The minimum absolute atomic E-state index is 0.115. The number of hydrogen-bond donors (Lipinski definition) is 1. The van der Waals surface area contributed by atoms with Crippen LogP contribution in [-0.2, 0) is 0 Å². The van der Waals surface area contributed by atoms with Crippen LogP contribution in [0.5, 0.6) is 0 Å². The van der Waals surface area contributed by atoms with Gasteiger partial charge in [-0.05, 0) is 12.8 Å². The Kier molecular flexibility index (Phi) is 3.37. The molecule has 15 heavy (non-hydrogen) atoms. The molecular formula is C11H16N2O2. The first-order chi connectivity index (χ1) is 7.36. The summed E-state index contributed by atoms with van der Waals surface area (Å²) in [5.74, 6) is -0.115. The van der Waals surface area contributed by atoms with E-state index in [1.807, 2.05) is 0 Å². The van der Waals surface area contributed by atoms with E-state index in [2.05, 4.69) is 10.3 Å². The smallest absolute Gasteiger partial charge is 0.273 e. The van der Waals surface area contributed by atoms with Crippen LogP contribution in [0.1, 0.15) is 49.0 Å². The molecule has 0 saturated heterocycles. The number of hydrogen-bond acceptors (Lipinski definition) is 3. The highest BCUT2D eigenvalue weighted by atomic mass is 16.3. The Bertz CT molecular complexity index is 300. The van der Waals surface area contributed by atoms with Gasteiger partial charge in [-0.1, -0.05) is 25.7 Å². The van der Waals surface area contributed by atoms with Crippen molar-refractivity contribution in [2.24, 2.45) is 0 Å². The highest BCUT2D eigenvalue weighted by molar-refractivity contribution is 5.91. The van der Waals surface area contributed by atoms with Gasteiger partial charge >= 0.3 is 0 Å². The van der Waals surface area contributed by atoms with Gasteiger partial charge in [0.1, 0.15) is 6.26 Å². The van der Waals surface area contributed by atoms with E-state index in [1.54, 1.807) is 0 Å². The summed E-state index contributed by atoms with van der Waals surface area (Å²) in [4.78, 5) is 15.5. The summed E-state index contributed by atoms with van der Waals surface area (Å²) in [5, 5.41) is 3.00. The average Bonchev–Trinajstić information content (AvgIpc) is 2.65. The lowest BCUT2D eigenvalue weighted by Gasteiger charge is -2.14.